The van der Waals surface area contributed by atoms with Crippen LogP contribution in [0.3, 0.4) is 0 Å². The molecule has 10 heteroatoms. The molecular weight excluding hydrogens is 450 g/mol. The maximum atomic E-state index is 12.8. The fourth-order valence-electron chi connectivity index (χ4n) is 3.47. The number of carbonyl (C=O) groups is 1. The second-order valence-electron chi connectivity index (χ2n) is 7.59. The summed E-state index contributed by atoms with van der Waals surface area (Å²) < 4.78 is 22.3. The van der Waals surface area contributed by atoms with Crippen LogP contribution in [-0.4, -0.2) is 76.4 Å². The Bertz CT molecular complexity index is 1180. The van der Waals surface area contributed by atoms with Gasteiger partial charge in [0.05, 0.1) is 13.2 Å². The third-order valence-electron chi connectivity index (χ3n) is 5.11. The maximum absolute atomic E-state index is 12.8. The Balaban J connectivity index is 1.35. The first-order valence-corrected chi connectivity index (χ1v) is 11.2. The fourth-order valence-corrected chi connectivity index (χ4v) is 3.47. The van der Waals surface area contributed by atoms with Gasteiger partial charge in [0.25, 0.3) is 0 Å². The Labute approximate surface area is 202 Å². The number of hydrogen-bond acceptors (Lipinski definition) is 8. The van der Waals surface area contributed by atoms with Gasteiger partial charge in [-0.3, -0.25) is 4.79 Å². The van der Waals surface area contributed by atoms with Crippen LogP contribution in [-0.2, 0) is 9.53 Å². The zero-order valence-electron chi connectivity index (χ0n) is 19.3. The van der Waals surface area contributed by atoms with E-state index in [9.17, 15) is 4.79 Å². The molecule has 1 saturated heterocycles. The lowest BCUT2D eigenvalue weighted by atomic mass is 10.1. The number of ether oxygens (including phenoxy) is 4. The number of aromatic amines is 1. The minimum atomic E-state index is -0.346. The van der Waals surface area contributed by atoms with Crippen LogP contribution in [0, 0.1) is 0 Å². The summed E-state index contributed by atoms with van der Waals surface area (Å²) in [5, 5.41) is 1.06. The topological polar surface area (TPSA) is 112 Å². The van der Waals surface area contributed by atoms with Crippen molar-refractivity contribution in [1.82, 2.24) is 24.8 Å². The van der Waals surface area contributed by atoms with Crippen LogP contribution in [0.15, 0.2) is 61.8 Å². The largest absolute Gasteiger partial charge is 0.460 e. The molecule has 1 atom stereocenters. The zero-order valence-corrected chi connectivity index (χ0v) is 19.3. The molecule has 0 saturated carbocycles. The number of carbonyl (C=O) groups excluding carboxylic acids is 1. The van der Waals surface area contributed by atoms with E-state index in [0.29, 0.717) is 19.7 Å². The number of benzene rings is 1. The molecule has 3 aromatic rings. The van der Waals surface area contributed by atoms with Crippen molar-refractivity contribution < 1.29 is 23.7 Å². The summed E-state index contributed by atoms with van der Waals surface area (Å²) >= 11 is 0. The SMILES string of the molecule is C=CCOc1nc(OCC=C)nc(OCC2CN(C(=O)C=Cc3c[nH]c4ccccc34)CCO2)n1. The van der Waals surface area contributed by atoms with Gasteiger partial charge in [0.15, 0.2) is 0 Å². The number of amides is 1. The summed E-state index contributed by atoms with van der Waals surface area (Å²) in [7, 11) is 0. The van der Waals surface area contributed by atoms with Gasteiger partial charge in [-0.15, -0.1) is 15.0 Å². The average Bonchev–Trinajstić information content (AvgIpc) is 3.31. The number of rotatable bonds is 11. The van der Waals surface area contributed by atoms with Gasteiger partial charge in [0.1, 0.15) is 25.9 Å². The van der Waals surface area contributed by atoms with Gasteiger partial charge in [0, 0.05) is 29.7 Å². The van der Waals surface area contributed by atoms with E-state index < -0.39 is 0 Å². The molecule has 1 aromatic carbocycles. The van der Waals surface area contributed by atoms with Gasteiger partial charge in [-0.1, -0.05) is 43.5 Å². The molecule has 0 bridgehead atoms. The smallest absolute Gasteiger partial charge is 0.326 e. The van der Waals surface area contributed by atoms with E-state index in [1.54, 1.807) is 23.1 Å². The lowest BCUT2D eigenvalue weighted by Crippen LogP contribution is -2.47. The second-order valence-corrected chi connectivity index (χ2v) is 7.59. The quantitative estimate of drug-likeness (QED) is 0.332. The molecule has 0 aliphatic carbocycles. The predicted molar refractivity (Wildman–Crippen MR) is 130 cm³/mol. The van der Waals surface area contributed by atoms with Crippen LogP contribution in [0.5, 0.6) is 18.0 Å². The number of morpholine rings is 1. The molecule has 4 rings (SSSR count). The van der Waals surface area contributed by atoms with Crippen LogP contribution >= 0.6 is 0 Å². The highest BCUT2D eigenvalue weighted by Gasteiger charge is 2.24. The van der Waals surface area contributed by atoms with E-state index in [0.717, 1.165) is 16.5 Å². The van der Waals surface area contributed by atoms with E-state index in [1.165, 1.54) is 0 Å². The Morgan fingerprint density at radius 2 is 1.77 bits per heavy atom. The van der Waals surface area contributed by atoms with Crippen molar-refractivity contribution in [3.05, 3.63) is 67.4 Å². The Morgan fingerprint density at radius 1 is 1.09 bits per heavy atom. The Kier molecular flexibility index (Phi) is 8.08. The normalized spacial score (nSPS) is 15.8. The molecule has 10 nitrogen and oxygen atoms in total. The lowest BCUT2D eigenvalue weighted by molar-refractivity contribution is -0.134. The van der Waals surface area contributed by atoms with Crippen molar-refractivity contribution in [1.29, 1.82) is 0 Å². The van der Waals surface area contributed by atoms with E-state index >= 15 is 0 Å². The number of hydrogen-bond donors (Lipinski definition) is 1. The summed E-state index contributed by atoms with van der Waals surface area (Å²) in [6.07, 6.45) is 8.09. The molecular formula is C25H27N5O5. The van der Waals surface area contributed by atoms with Crippen molar-refractivity contribution in [2.24, 2.45) is 0 Å². The van der Waals surface area contributed by atoms with Crippen LogP contribution in [0.2, 0.25) is 0 Å². The maximum Gasteiger partial charge on any atom is 0.326 e. The standard InChI is InChI=1S/C25H27N5O5/c1-3-12-33-23-27-24(34-13-4-2)29-25(28-23)35-17-19-16-30(11-14-32-19)22(31)10-9-18-15-26-21-8-6-5-7-20(18)21/h3-10,15,19,26H,1-2,11-14,16-17H2. The van der Waals surface area contributed by atoms with Gasteiger partial charge in [0.2, 0.25) is 5.91 Å². The number of nitrogens with one attached hydrogen (secondary N) is 1. The van der Waals surface area contributed by atoms with Crippen molar-refractivity contribution in [2.75, 3.05) is 39.5 Å². The summed E-state index contributed by atoms with van der Waals surface area (Å²) in [6.45, 7) is 9.07. The molecule has 1 amide bonds. The van der Waals surface area contributed by atoms with Gasteiger partial charge in [-0.25, -0.2) is 0 Å². The predicted octanol–water partition coefficient (Wildman–Crippen LogP) is 2.80. The molecule has 1 N–H and O–H groups in total. The summed E-state index contributed by atoms with van der Waals surface area (Å²) in [6, 6.07) is 8.09. The molecule has 1 aliphatic heterocycles. The van der Waals surface area contributed by atoms with E-state index in [4.69, 9.17) is 18.9 Å². The van der Waals surface area contributed by atoms with Crippen molar-refractivity contribution in [3.8, 4) is 18.0 Å². The van der Waals surface area contributed by atoms with E-state index in [-0.39, 0.29) is 49.9 Å². The Morgan fingerprint density at radius 3 is 2.49 bits per heavy atom. The average molecular weight is 478 g/mol. The van der Waals surface area contributed by atoms with E-state index in [2.05, 4.69) is 33.1 Å². The van der Waals surface area contributed by atoms with Gasteiger partial charge < -0.3 is 28.8 Å². The van der Waals surface area contributed by atoms with Gasteiger partial charge in [-0.05, 0) is 17.7 Å². The number of para-hydroxylation sites is 1. The minimum Gasteiger partial charge on any atom is -0.460 e. The molecule has 35 heavy (non-hydrogen) atoms. The third-order valence-corrected chi connectivity index (χ3v) is 5.11. The minimum absolute atomic E-state index is 0.0319. The molecule has 1 unspecified atom stereocenters. The Hall–Kier alpha value is -4.18. The summed E-state index contributed by atoms with van der Waals surface area (Å²) in [5.41, 5.74) is 1.98. The first-order chi connectivity index (χ1) is 17.2. The summed E-state index contributed by atoms with van der Waals surface area (Å²) in [4.78, 5) is 30.0. The summed E-state index contributed by atoms with van der Waals surface area (Å²) in [5.74, 6) is -0.0936. The zero-order chi connectivity index (χ0) is 24.5. The van der Waals surface area contributed by atoms with Crippen LogP contribution < -0.4 is 14.2 Å². The monoisotopic (exact) mass is 477 g/mol. The van der Waals surface area contributed by atoms with E-state index in [1.807, 2.05) is 36.5 Å². The highest BCUT2D eigenvalue weighted by molar-refractivity contribution is 5.96. The van der Waals surface area contributed by atoms with Crippen LogP contribution in [0.1, 0.15) is 5.56 Å². The van der Waals surface area contributed by atoms with Crippen LogP contribution in [0.4, 0.5) is 0 Å². The molecule has 0 radical (unpaired) electrons. The lowest BCUT2D eigenvalue weighted by Gasteiger charge is -2.32. The van der Waals surface area contributed by atoms with Crippen LogP contribution in [0.25, 0.3) is 17.0 Å². The number of fused-ring (bicyclic) bond motifs is 1. The molecule has 1 fully saturated rings. The second kappa shape index (κ2) is 11.8. The molecule has 0 spiro atoms. The van der Waals surface area contributed by atoms with Crippen molar-refractivity contribution in [2.45, 2.75) is 6.10 Å². The van der Waals surface area contributed by atoms with Crippen molar-refractivity contribution in [3.63, 3.8) is 0 Å². The molecule has 3 heterocycles. The number of H-pyrrole nitrogens is 1. The molecule has 182 valence electrons. The number of aromatic nitrogens is 4. The third kappa shape index (κ3) is 6.45. The van der Waals surface area contributed by atoms with Gasteiger partial charge >= 0.3 is 18.0 Å². The number of nitrogens with zero attached hydrogens (tertiary/aromatic N) is 4. The van der Waals surface area contributed by atoms with Gasteiger partial charge in [-0.2, -0.15) is 0 Å². The molecule has 1 aliphatic rings. The highest BCUT2D eigenvalue weighted by Crippen LogP contribution is 2.19. The first kappa shape index (κ1) is 24.0. The fraction of sp³-hybridized carbons (Fsp3) is 0.280. The molecule has 2 aromatic heterocycles. The highest BCUT2D eigenvalue weighted by atomic mass is 16.6. The first-order valence-electron chi connectivity index (χ1n) is 11.2. The van der Waals surface area contributed by atoms with Crippen molar-refractivity contribution >= 4 is 22.9 Å².